The molecule has 0 saturated carbocycles. The summed E-state index contributed by atoms with van der Waals surface area (Å²) in [5, 5.41) is 9.41. The van der Waals surface area contributed by atoms with Gasteiger partial charge in [-0.2, -0.15) is 0 Å². The van der Waals surface area contributed by atoms with E-state index >= 15 is 0 Å². The molecule has 2 heteroatoms. The van der Waals surface area contributed by atoms with E-state index in [-0.39, 0.29) is 4.32 Å². The van der Waals surface area contributed by atoms with Gasteiger partial charge in [0.15, 0.2) is 0 Å². The number of aryl methyl sites for hydroxylation is 1. The Kier molecular flexibility index (Phi) is 2.80. The molecule has 0 radical (unpaired) electrons. The Bertz CT molecular complexity index is 365. The normalized spacial score (nSPS) is 20.3. The number of alkyl halides is 1. The van der Waals surface area contributed by atoms with Gasteiger partial charge >= 0.3 is 0 Å². The predicted molar refractivity (Wildman–Crippen MR) is 66.8 cm³/mol. The lowest BCUT2D eigenvalue weighted by molar-refractivity contribution is 0.474. The maximum absolute atomic E-state index is 9.41. The van der Waals surface area contributed by atoms with Crippen LogP contribution in [0.4, 0.5) is 0 Å². The van der Waals surface area contributed by atoms with Crippen LogP contribution in [-0.4, -0.2) is 9.43 Å². The highest BCUT2D eigenvalue weighted by atomic mass is 79.9. The van der Waals surface area contributed by atoms with Crippen LogP contribution in [0, 0.1) is 0 Å². The first-order chi connectivity index (χ1) is 6.96. The average molecular weight is 269 g/mol. The smallest absolute Gasteiger partial charge is 0.115 e. The quantitative estimate of drug-likeness (QED) is 0.805. The maximum Gasteiger partial charge on any atom is 0.115 e. The second-order valence-electron chi connectivity index (χ2n) is 5.04. The third kappa shape index (κ3) is 2.54. The lowest BCUT2D eigenvalue weighted by atomic mass is 9.92. The monoisotopic (exact) mass is 268 g/mol. The lowest BCUT2D eigenvalue weighted by Gasteiger charge is -2.21. The number of phenolic OH excluding ortho intramolecular Hbond substituents is 1. The Balaban J connectivity index is 2.22. The van der Waals surface area contributed by atoms with Gasteiger partial charge in [-0.05, 0) is 48.4 Å². The van der Waals surface area contributed by atoms with Gasteiger partial charge in [0.2, 0.25) is 0 Å². The van der Waals surface area contributed by atoms with Crippen molar-refractivity contribution in [1.29, 1.82) is 0 Å². The van der Waals surface area contributed by atoms with Crippen molar-refractivity contribution < 1.29 is 5.11 Å². The largest absolute Gasteiger partial charge is 0.508 e. The van der Waals surface area contributed by atoms with Gasteiger partial charge in [-0.3, -0.25) is 0 Å². The molecule has 1 unspecified atom stereocenters. The van der Waals surface area contributed by atoms with Crippen molar-refractivity contribution in [2.75, 3.05) is 0 Å². The van der Waals surface area contributed by atoms with Crippen molar-refractivity contribution in [2.24, 2.45) is 0 Å². The fourth-order valence-electron chi connectivity index (χ4n) is 2.49. The number of hydrogen-bond acceptors (Lipinski definition) is 1. The van der Waals surface area contributed by atoms with E-state index in [0.29, 0.717) is 11.7 Å². The van der Waals surface area contributed by atoms with E-state index in [4.69, 9.17) is 0 Å². The predicted octanol–water partition coefficient (Wildman–Crippen LogP) is 3.99. The summed E-state index contributed by atoms with van der Waals surface area (Å²) in [6.07, 6.45) is 3.48. The summed E-state index contributed by atoms with van der Waals surface area (Å²) in [5.74, 6) is 1.04. The Hall–Kier alpha value is -0.500. The highest BCUT2D eigenvalue weighted by molar-refractivity contribution is 9.10. The van der Waals surface area contributed by atoms with E-state index in [2.05, 4.69) is 35.8 Å². The number of rotatable bonds is 2. The Morgan fingerprint density at radius 3 is 2.87 bits per heavy atom. The van der Waals surface area contributed by atoms with Crippen LogP contribution in [-0.2, 0) is 6.42 Å². The summed E-state index contributed by atoms with van der Waals surface area (Å²) < 4.78 is 0.206. The van der Waals surface area contributed by atoms with E-state index in [1.54, 1.807) is 6.07 Å². The van der Waals surface area contributed by atoms with Crippen molar-refractivity contribution in [3.05, 3.63) is 29.3 Å². The van der Waals surface area contributed by atoms with E-state index in [9.17, 15) is 5.11 Å². The summed E-state index contributed by atoms with van der Waals surface area (Å²) in [4.78, 5) is 0. The van der Waals surface area contributed by atoms with Crippen molar-refractivity contribution in [1.82, 2.24) is 0 Å². The van der Waals surface area contributed by atoms with Crippen LogP contribution in [0.3, 0.4) is 0 Å². The molecule has 2 rings (SSSR count). The molecule has 0 spiro atoms. The average Bonchev–Trinajstić information content (AvgIpc) is 2.45. The van der Waals surface area contributed by atoms with Crippen LogP contribution >= 0.6 is 15.9 Å². The van der Waals surface area contributed by atoms with Gasteiger partial charge in [0, 0.05) is 4.32 Å². The highest BCUT2D eigenvalue weighted by Gasteiger charge is 2.27. The van der Waals surface area contributed by atoms with Gasteiger partial charge in [-0.1, -0.05) is 35.8 Å². The van der Waals surface area contributed by atoms with Crippen LogP contribution in [0.5, 0.6) is 5.75 Å². The minimum absolute atomic E-state index is 0.206. The number of fused-ring (bicyclic) bond motifs is 1. The molecule has 82 valence electrons. The molecule has 15 heavy (non-hydrogen) atoms. The standard InChI is InChI=1S/C13H17BrO/c1-13(2,14)8-10-4-3-9-7-11(15)5-6-12(9)10/h5-7,10,15H,3-4,8H2,1-2H3. The van der Waals surface area contributed by atoms with Gasteiger partial charge < -0.3 is 5.11 Å². The van der Waals surface area contributed by atoms with Crippen molar-refractivity contribution in [2.45, 2.75) is 43.4 Å². The number of phenols is 1. The molecular formula is C13H17BrO. The number of halogens is 1. The zero-order chi connectivity index (χ0) is 11.1. The second kappa shape index (κ2) is 3.82. The molecule has 1 aromatic rings. The molecule has 1 aliphatic carbocycles. The van der Waals surface area contributed by atoms with Gasteiger partial charge in [-0.25, -0.2) is 0 Å². The number of aromatic hydroxyl groups is 1. The summed E-state index contributed by atoms with van der Waals surface area (Å²) in [7, 11) is 0. The van der Waals surface area contributed by atoms with Crippen LogP contribution in [0.15, 0.2) is 18.2 Å². The Morgan fingerprint density at radius 2 is 2.20 bits per heavy atom. The molecule has 0 aliphatic heterocycles. The number of hydrogen-bond donors (Lipinski definition) is 1. The first-order valence-electron chi connectivity index (χ1n) is 5.46. The zero-order valence-corrected chi connectivity index (χ0v) is 10.8. The molecule has 0 bridgehead atoms. The van der Waals surface area contributed by atoms with Gasteiger partial charge in [0.05, 0.1) is 0 Å². The van der Waals surface area contributed by atoms with Gasteiger partial charge in [0.1, 0.15) is 5.75 Å². The third-order valence-corrected chi connectivity index (χ3v) is 3.38. The summed E-state index contributed by atoms with van der Waals surface area (Å²) in [6.45, 7) is 4.43. The van der Waals surface area contributed by atoms with E-state index < -0.39 is 0 Å². The Labute approximate surface area is 99.6 Å². The summed E-state index contributed by atoms with van der Waals surface area (Å²) in [6, 6.07) is 5.80. The molecule has 0 saturated heterocycles. The van der Waals surface area contributed by atoms with E-state index in [0.717, 1.165) is 12.8 Å². The molecule has 0 aromatic heterocycles. The van der Waals surface area contributed by atoms with Crippen molar-refractivity contribution in [3.63, 3.8) is 0 Å². The third-order valence-electron chi connectivity index (χ3n) is 3.06. The van der Waals surface area contributed by atoms with E-state index in [1.165, 1.54) is 17.5 Å². The van der Waals surface area contributed by atoms with Crippen LogP contribution < -0.4 is 0 Å². The number of benzene rings is 1. The fourth-order valence-corrected chi connectivity index (χ4v) is 2.88. The van der Waals surface area contributed by atoms with Crippen molar-refractivity contribution >= 4 is 15.9 Å². The SMILES string of the molecule is CC(C)(Br)CC1CCc2cc(O)ccc21. The first kappa shape index (κ1) is 11.0. The summed E-state index contributed by atoms with van der Waals surface area (Å²) in [5.41, 5.74) is 2.76. The molecule has 1 atom stereocenters. The van der Waals surface area contributed by atoms with Crippen LogP contribution in [0.25, 0.3) is 0 Å². The maximum atomic E-state index is 9.41. The zero-order valence-electron chi connectivity index (χ0n) is 9.26. The molecule has 1 aromatic carbocycles. The van der Waals surface area contributed by atoms with Gasteiger partial charge in [-0.15, -0.1) is 0 Å². The molecule has 0 fully saturated rings. The summed E-state index contributed by atoms with van der Waals surface area (Å²) >= 11 is 3.71. The van der Waals surface area contributed by atoms with Gasteiger partial charge in [0.25, 0.3) is 0 Å². The molecule has 0 amide bonds. The lowest BCUT2D eigenvalue weighted by Crippen LogP contribution is -2.13. The molecule has 1 nitrogen and oxygen atoms in total. The molecular weight excluding hydrogens is 252 g/mol. The fraction of sp³-hybridized carbons (Fsp3) is 0.538. The minimum Gasteiger partial charge on any atom is -0.508 e. The molecule has 1 aliphatic rings. The minimum atomic E-state index is 0.206. The van der Waals surface area contributed by atoms with Crippen LogP contribution in [0.2, 0.25) is 0 Å². The Morgan fingerprint density at radius 1 is 1.47 bits per heavy atom. The van der Waals surface area contributed by atoms with Crippen LogP contribution in [0.1, 0.15) is 43.7 Å². The molecule has 1 N–H and O–H groups in total. The first-order valence-corrected chi connectivity index (χ1v) is 6.26. The second-order valence-corrected chi connectivity index (χ2v) is 7.19. The highest BCUT2D eigenvalue weighted by Crippen LogP contribution is 2.41. The molecule has 0 heterocycles. The van der Waals surface area contributed by atoms with Crippen molar-refractivity contribution in [3.8, 4) is 5.75 Å². The van der Waals surface area contributed by atoms with E-state index in [1.807, 2.05) is 6.07 Å². The topological polar surface area (TPSA) is 20.2 Å².